The van der Waals surface area contributed by atoms with Gasteiger partial charge in [-0.05, 0) is 30.6 Å². The van der Waals surface area contributed by atoms with Crippen LogP contribution in [0.2, 0.25) is 0 Å². The molecule has 3 amide bonds. The lowest BCUT2D eigenvalue weighted by Crippen LogP contribution is -2.54. The van der Waals surface area contributed by atoms with Crippen molar-refractivity contribution in [2.75, 3.05) is 0 Å². The van der Waals surface area contributed by atoms with Gasteiger partial charge in [-0.1, -0.05) is 20.8 Å². The zero-order valence-corrected chi connectivity index (χ0v) is 9.52. The first-order valence-corrected chi connectivity index (χ1v) is 5.47. The molecule has 0 aromatic heterocycles. The Hall–Kier alpha value is -1.06. The molecule has 2 atom stereocenters. The van der Waals surface area contributed by atoms with Crippen LogP contribution in [0.15, 0.2) is 0 Å². The molecule has 4 nitrogen and oxygen atoms in total. The summed E-state index contributed by atoms with van der Waals surface area (Å²) in [5, 5.41) is 5.15. The Morgan fingerprint density at radius 1 is 1.27 bits per heavy atom. The summed E-state index contributed by atoms with van der Waals surface area (Å²) in [4.78, 5) is 23.0. The number of nitrogens with one attached hydrogen (secondary N) is 2. The van der Waals surface area contributed by atoms with E-state index in [2.05, 4.69) is 31.4 Å². The van der Waals surface area contributed by atoms with E-state index in [1.807, 2.05) is 0 Å². The molecule has 0 aromatic rings. The molecular formula is C11H18N2O2. The second-order valence-corrected chi connectivity index (χ2v) is 5.84. The van der Waals surface area contributed by atoms with E-state index in [0.29, 0.717) is 5.92 Å². The SMILES string of the molecule is C[C@H]1CC(C)(C)C[C@]2(C1)NC(=O)NC2=O. The van der Waals surface area contributed by atoms with E-state index in [0.717, 1.165) is 19.3 Å². The Labute approximate surface area is 89.8 Å². The molecule has 0 aromatic carbocycles. The van der Waals surface area contributed by atoms with E-state index in [9.17, 15) is 9.59 Å². The highest BCUT2D eigenvalue weighted by Gasteiger charge is 2.52. The molecule has 2 aliphatic rings. The zero-order valence-electron chi connectivity index (χ0n) is 9.52. The molecule has 0 bridgehead atoms. The fourth-order valence-corrected chi connectivity index (χ4v) is 3.37. The van der Waals surface area contributed by atoms with Gasteiger partial charge in [0, 0.05) is 0 Å². The molecule has 2 fully saturated rings. The Morgan fingerprint density at radius 2 is 1.93 bits per heavy atom. The normalized spacial score (nSPS) is 39.0. The number of hydrogen-bond donors (Lipinski definition) is 2. The molecule has 1 saturated carbocycles. The highest BCUT2D eigenvalue weighted by molar-refractivity contribution is 6.07. The summed E-state index contributed by atoms with van der Waals surface area (Å²) < 4.78 is 0. The molecule has 1 spiro atoms. The van der Waals surface area contributed by atoms with Gasteiger partial charge in [0.15, 0.2) is 0 Å². The van der Waals surface area contributed by atoms with Crippen molar-refractivity contribution in [3.05, 3.63) is 0 Å². The maximum absolute atomic E-state index is 11.8. The van der Waals surface area contributed by atoms with E-state index >= 15 is 0 Å². The lowest BCUT2D eigenvalue weighted by atomic mass is 9.64. The van der Waals surface area contributed by atoms with Gasteiger partial charge in [-0.2, -0.15) is 0 Å². The van der Waals surface area contributed by atoms with Crippen molar-refractivity contribution in [1.82, 2.24) is 10.6 Å². The van der Waals surface area contributed by atoms with Crippen molar-refractivity contribution in [1.29, 1.82) is 0 Å². The number of carbonyl (C=O) groups excluding carboxylic acids is 2. The molecule has 4 heteroatoms. The summed E-state index contributed by atoms with van der Waals surface area (Å²) in [7, 11) is 0. The number of imide groups is 1. The van der Waals surface area contributed by atoms with Crippen molar-refractivity contribution < 1.29 is 9.59 Å². The molecular weight excluding hydrogens is 192 g/mol. The lowest BCUT2D eigenvalue weighted by molar-refractivity contribution is -0.127. The highest BCUT2D eigenvalue weighted by atomic mass is 16.2. The van der Waals surface area contributed by atoms with Crippen molar-refractivity contribution in [3.8, 4) is 0 Å². The molecule has 15 heavy (non-hydrogen) atoms. The van der Waals surface area contributed by atoms with E-state index in [1.54, 1.807) is 0 Å². The van der Waals surface area contributed by atoms with Gasteiger partial charge < -0.3 is 5.32 Å². The molecule has 84 valence electrons. The first kappa shape index (κ1) is 10.5. The number of carbonyl (C=O) groups is 2. The fourth-order valence-electron chi connectivity index (χ4n) is 3.37. The number of urea groups is 1. The van der Waals surface area contributed by atoms with Crippen molar-refractivity contribution in [3.63, 3.8) is 0 Å². The fraction of sp³-hybridized carbons (Fsp3) is 0.818. The van der Waals surface area contributed by atoms with Gasteiger partial charge >= 0.3 is 6.03 Å². The standard InChI is InChI=1S/C11H18N2O2/c1-7-4-10(2,3)6-11(5-7)8(14)12-9(15)13-11/h7H,4-6H2,1-3H3,(H2,12,13,14,15)/t7-,11-/m0/s1. The Balaban J connectivity index is 2.28. The molecule has 1 aliphatic heterocycles. The smallest absolute Gasteiger partial charge is 0.322 e. The Bertz CT molecular complexity index is 325. The van der Waals surface area contributed by atoms with Gasteiger partial charge in [0.2, 0.25) is 0 Å². The Kier molecular flexibility index (Phi) is 2.07. The van der Waals surface area contributed by atoms with Crippen LogP contribution < -0.4 is 10.6 Å². The maximum atomic E-state index is 11.8. The van der Waals surface area contributed by atoms with Crippen LogP contribution in [-0.2, 0) is 4.79 Å². The molecule has 1 saturated heterocycles. The number of rotatable bonds is 0. The number of amides is 3. The minimum Gasteiger partial charge on any atom is -0.323 e. The van der Waals surface area contributed by atoms with Crippen LogP contribution in [0.3, 0.4) is 0 Å². The molecule has 2 rings (SSSR count). The quantitative estimate of drug-likeness (QED) is 0.594. The van der Waals surface area contributed by atoms with Crippen LogP contribution >= 0.6 is 0 Å². The largest absolute Gasteiger partial charge is 0.323 e. The molecule has 2 N–H and O–H groups in total. The molecule has 0 unspecified atom stereocenters. The maximum Gasteiger partial charge on any atom is 0.322 e. The number of hydrogen-bond acceptors (Lipinski definition) is 2. The van der Waals surface area contributed by atoms with E-state index < -0.39 is 5.54 Å². The average Bonchev–Trinajstić information content (AvgIpc) is 2.20. The van der Waals surface area contributed by atoms with Gasteiger partial charge in [0.25, 0.3) is 5.91 Å². The van der Waals surface area contributed by atoms with Crippen LogP contribution in [0.5, 0.6) is 0 Å². The van der Waals surface area contributed by atoms with Crippen LogP contribution in [-0.4, -0.2) is 17.5 Å². The molecule has 1 aliphatic carbocycles. The second-order valence-electron chi connectivity index (χ2n) is 5.84. The topological polar surface area (TPSA) is 58.2 Å². The van der Waals surface area contributed by atoms with Gasteiger partial charge in [0.05, 0.1) is 0 Å². The summed E-state index contributed by atoms with van der Waals surface area (Å²) >= 11 is 0. The predicted octanol–water partition coefficient (Wildman–Crippen LogP) is 1.41. The third-order valence-corrected chi connectivity index (χ3v) is 3.39. The predicted molar refractivity (Wildman–Crippen MR) is 56.2 cm³/mol. The summed E-state index contributed by atoms with van der Waals surface area (Å²) in [5.74, 6) is 0.324. The first-order valence-electron chi connectivity index (χ1n) is 5.47. The molecule has 1 heterocycles. The average molecular weight is 210 g/mol. The molecule has 0 radical (unpaired) electrons. The van der Waals surface area contributed by atoms with Crippen LogP contribution in [0.4, 0.5) is 4.79 Å². The van der Waals surface area contributed by atoms with Crippen molar-refractivity contribution in [2.45, 2.75) is 45.6 Å². The van der Waals surface area contributed by atoms with Crippen molar-refractivity contribution in [2.24, 2.45) is 11.3 Å². The van der Waals surface area contributed by atoms with Gasteiger partial charge in [-0.15, -0.1) is 0 Å². The lowest BCUT2D eigenvalue weighted by Gasteiger charge is -2.43. The summed E-state index contributed by atoms with van der Waals surface area (Å²) in [6, 6.07) is -0.343. The van der Waals surface area contributed by atoms with Crippen molar-refractivity contribution >= 4 is 11.9 Å². The third-order valence-electron chi connectivity index (χ3n) is 3.39. The summed E-state index contributed by atoms with van der Waals surface area (Å²) in [6.45, 7) is 6.45. The zero-order chi connectivity index (χ0) is 11.3. The van der Waals surface area contributed by atoms with Crippen LogP contribution in [0.1, 0.15) is 40.0 Å². The van der Waals surface area contributed by atoms with E-state index in [4.69, 9.17) is 0 Å². The minimum atomic E-state index is -0.641. The third kappa shape index (κ3) is 1.73. The van der Waals surface area contributed by atoms with E-state index in [-0.39, 0.29) is 17.4 Å². The second kappa shape index (κ2) is 2.97. The summed E-state index contributed by atoms with van der Waals surface area (Å²) in [5.41, 5.74) is -0.523. The van der Waals surface area contributed by atoms with Crippen LogP contribution in [0, 0.1) is 11.3 Å². The van der Waals surface area contributed by atoms with Gasteiger partial charge in [0.1, 0.15) is 5.54 Å². The first-order chi connectivity index (χ1) is 6.83. The van der Waals surface area contributed by atoms with Crippen LogP contribution in [0.25, 0.3) is 0 Å². The summed E-state index contributed by atoms with van der Waals surface area (Å²) in [6.07, 6.45) is 2.60. The monoisotopic (exact) mass is 210 g/mol. The Morgan fingerprint density at radius 3 is 2.40 bits per heavy atom. The van der Waals surface area contributed by atoms with E-state index in [1.165, 1.54) is 0 Å². The van der Waals surface area contributed by atoms with Gasteiger partial charge in [-0.25, -0.2) is 4.79 Å². The highest BCUT2D eigenvalue weighted by Crippen LogP contribution is 2.44. The minimum absolute atomic E-state index is 0.118. The van der Waals surface area contributed by atoms with Gasteiger partial charge in [-0.3, -0.25) is 10.1 Å².